The van der Waals surface area contributed by atoms with Crippen LogP contribution in [-0.2, 0) is 0 Å². The first kappa shape index (κ1) is 23.5. The molecule has 3 aromatic carbocycles. The number of aryl methyl sites for hydroxylation is 2. The summed E-state index contributed by atoms with van der Waals surface area (Å²) in [7, 11) is 1.71. The number of urea groups is 1. The number of fused-ring (bicyclic) bond motifs is 1. The Hall–Kier alpha value is -3.64. The van der Waals surface area contributed by atoms with Gasteiger partial charge in [0, 0.05) is 17.8 Å². The maximum atomic E-state index is 13.7. The summed E-state index contributed by atoms with van der Waals surface area (Å²) in [6.07, 6.45) is 0.565. The number of benzene rings is 3. The molecule has 7 heteroatoms. The van der Waals surface area contributed by atoms with E-state index in [0.29, 0.717) is 33.9 Å². The molecule has 0 aliphatic heterocycles. The molecule has 1 aromatic heterocycles. The van der Waals surface area contributed by atoms with Crippen molar-refractivity contribution < 1.29 is 4.79 Å². The van der Waals surface area contributed by atoms with E-state index >= 15 is 0 Å². The molecule has 34 heavy (non-hydrogen) atoms. The average molecular weight is 475 g/mol. The van der Waals surface area contributed by atoms with Crippen LogP contribution in [0.5, 0.6) is 0 Å². The normalized spacial score (nSPS) is 11.9. The van der Waals surface area contributed by atoms with Gasteiger partial charge in [-0.15, -0.1) is 0 Å². The molecule has 2 amide bonds. The lowest BCUT2D eigenvalue weighted by atomic mass is 10.1. The van der Waals surface area contributed by atoms with Gasteiger partial charge in [0.25, 0.3) is 5.56 Å². The molecule has 4 rings (SSSR count). The number of nitrogens with zero attached hydrogens (tertiary/aromatic N) is 3. The first-order valence-electron chi connectivity index (χ1n) is 11.2. The molecule has 0 radical (unpaired) electrons. The van der Waals surface area contributed by atoms with Gasteiger partial charge in [-0.05, 0) is 73.9 Å². The summed E-state index contributed by atoms with van der Waals surface area (Å²) in [6, 6.07) is 19.4. The average Bonchev–Trinajstić information content (AvgIpc) is 2.81. The summed E-state index contributed by atoms with van der Waals surface area (Å²) >= 11 is 6.07. The van der Waals surface area contributed by atoms with Crippen molar-refractivity contribution >= 4 is 34.2 Å². The molecule has 0 saturated carbocycles. The predicted octanol–water partition coefficient (Wildman–Crippen LogP) is 6.27. The summed E-state index contributed by atoms with van der Waals surface area (Å²) < 4.78 is 1.63. The van der Waals surface area contributed by atoms with E-state index in [0.717, 1.165) is 16.8 Å². The minimum absolute atomic E-state index is 0.161. The summed E-state index contributed by atoms with van der Waals surface area (Å²) in [6.45, 7) is 6.02. The highest BCUT2D eigenvalue weighted by Crippen LogP contribution is 2.26. The lowest BCUT2D eigenvalue weighted by molar-refractivity contribution is 0.199. The fourth-order valence-corrected chi connectivity index (χ4v) is 4.23. The molecule has 1 heterocycles. The quantitative estimate of drug-likeness (QED) is 0.370. The Kier molecular flexibility index (Phi) is 6.70. The Morgan fingerprint density at radius 2 is 1.82 bits per heavy atom. The van der Waals surface area contributed by atoms with Gasteiger partial charge in [0.05, 0.1) is 22.6 Å². The number of rotatable bonds is 5. The van der Waals surface area contributed by atoms with E-state index in [2.05, 4.69) is 5.32 Å². The number of aromatic nitrogens is 2. The minimum Gasteiger partial charge on any atom is -0.317 e. The van der Waals surface area contributed by atoms with E-state index in [1.54, 1.807) is 46.8 Å². The first-order valence-corrected chi connectivity index (χ1v) is 11.6. The van der Waals surface area contributed by atoms with Crippen molar-refractivity contribution in [3.63, 3.8) is 0 Å². The van der Waals surface area contributed by atoms with Crippen molar-refractivity contribution in [2.75, 3.05) is 12.4 Å². The molecule has 4 aromatic rings. The van der Waals surface area contributed by atoms with E-state index in [-0.39, 0.29) is 11.6 Å². The number of amides is 2. The van der Waals surface area contributed by atoms with Crippen LogP contribution in [0.15, 0.2) is 71.5 Å². The highest BCUT2D eigenvalue weighted by molar-refractivity contribution is 6.30. The molecule has 174 valence electrons. The molecular formula is C27H27ClN4O2. The van der Waals surface area contributed by atoms with Crippen molar-refractivity contribution in [3.8, 4) is 5.69 Å². The zero-order chi connectivity index (χ0) is 24.4. The van der Waals surface area contributed by atoms with Gasteiger partial charge in [-0.3, -0.25) is 9.36 Å². The third-order valence-corrected chi connectivity index (χ3v) is 6.33. The van der Waals surface area contributed by atoms with Crippen LogP contribution in [0.25, 0.3) is 16.6 Å². The van der Waals surface area contributed by atoms with Crippen molar-refractivity contribution in [2.24, 2.45) is 0 Å². The van der Waals surface area contributed by atoms with Crippen LogP contribution in [0.1, 0.15) is 36.3 Å². The number of hydrogen-bond donors (Lipinski definition) is 1. The summed E-state index contributed by atoms with van der Waals surface area (Å²) in [5, 5.41) is 3.95. The number of halogens is 1. The van der Waals surface area contributed by atoms with Crippen molar-refractivity contribution in [1.82, 2.24) is 14.5 Å². The van der Waals surface area contributed by atoms with Gasteiger partial charge in [0.1, 0.15) is 5.82 Å². The smallest absolute Gasteiger partial charge is 0.317 e. The Morgan fingerprint density at radius 1 is 1.06 bits per heavy atom. The second-order valence-electron chi connectivity index (χ2n) is 8.37. The van der Waals surface area contributed by atoms with E-state index < -0.39 is 6.04 Å². The Labute approximate surface area is 203 Å². The lowest BCUT2D eigenvalue weighted by Crippen LogP contribution is -2.38. The summed E-state index contributed by atoms with van der Waals surface area (Å²) in [5.74, 6) is 0.512. The number of nitrogens with one attached hydrogen (secondary N) is 1. The summed E-state index contributed by atoms with van der Waals surface area (Å²) in [4.78, 5) is 33.3. The van der Waals surface area contributed by atoms with Crippen LogP contribution < -0.4 is 10.9 Å². The van der Waals surface area contributed by atoms with Gasteiger partial charge in [0.15, 0.2) is 0 Å². The third kappa shape index (κ3) is 4.54. The molecule has 0 saturated heterocycles. The van der Waals surface area contributed by atoms with Gasteiger partial charge in [-0.1, -0.05) is 42.8 Å². The maximum Gasteiger partial charge on any atom is 0.322 e. The van der Waals surface area contributed by atoms with Crippen LogP contribution >= 0.6 is 11.6 Å². The zero-order valence-electron chi connectivity index (χ0n) is 19.7. The predicted molar refractivity (Wildman–Crippen MR) is 138 cm³/mol. The van der Waals surface area contributed by atoms with Gasteiger partial charge in [0.2, 0.25) is 0 Å². The van der Waals surface area contributed by atoms with Crippen LogP contribution in [0.2, 0.25) is 5.02 Å². The molecule has 6 nitrogen and oxygen atoms in total. The largest absolute Gasteiger partial charge is 0.322 e. The number of carbonyl (C=O) groups excluding carboxylic acids is 1. The standard InChI is InChI=1S/C27H27ClN4O2/c1-5-24(31(4)27(34)29-20-10-8-9-19(28)16-20)25-30-23-12-7-6-11-22(23)26(33)32(25)21-14-13-17(2)18(3)15-21/h6-16,24H,5H2,1-4H3,(H,29,34). The van der Waals surface area contributed by atoms with E-state index in [1.807, 2.05) is 57.2 Å². The molecule has 0 fully saturated rings. The van der Waals surface area contributed by atoms with Gasteiger partial charge >= 0.3 is 6.03 Å². The SMILES string of the molecule is CCC(c1nc2ccccc2c(=O)n1-c1ccc(C)c(C)c1)N(C)C(=O)Nc1cccc(Cl)c1. The molecular weight excluding hydrogens is 448 g/mol. The number of para-hydroxylation sites is 1. The molecule has 1 unspecified atom stereocenters. The molecule has 0 spiro atoms. The second-order valence-corrected chi connectivity index (χ2v) is 8.81. The van der Waals surface area contributed by atoms with Crippen molar-refractivity contribution in [1.29, 1.82) is 0 Å². The fraction of sp³-hybridized carbons (Fsp3) is 0.222. The third-order valence-electron chi connectivity index (χ3n) is 6.10. The Balaban J connectivity index is 1.84. The van der Waals surface area contributed by atoms with Gasteiger partial charge in [-0.2, -0.15) is 0 Å². The first-order chi connectivity index (χ1) is 16.3. The fourth-order valence-electron chi connectivity index (χ4n) is 4.04. The van der Waals surface area contributed by atoms with Crippen LogP contribution in [-0.4, -0.2) is 27.5 Å². The highest BCUT2D eigenvalue weighted by Gasteiger charge is 2.26. The number of anilines is 1. The van der Waals surface area contributed by atoms with Gasteiger partial charge in [-0.25, -0.2) is 9.78 Å². The van der Waals surface area contributed by atoms with Crippen LogP contribution in [0.4, 0.5) is 10.5 Å². The maximum absolute atomic E-state index is 13.7. The molecule has 0 bridgehead atoms. The van der Waals surface area contributed by atoms with Crippen LogP contribution in [0, 0.1) is 13.8 Å². The summed E-state index contributed by atoms with van der Waals surface area (Å²) in [5.41, 5.74) is 3.97. The highest BCUT2D eigenvalue weighted by atomic mass is 35.5. The molecule has 1 N–H and O–H groups in total. The van der Waals surface area contributed by atoms with E-state index in [9.17, 15) is 9.59 Å². The van der Waals surface area contributed by atoms with E-state index in [1.165, 1.54) is 0 Å². The minimum atomic E-state index is -0.446. The second kappa shape index (κ2) is 9.69. The Morgan fingerprint density at radius 3 is 2.53 bits per heavy atom. The van der Waals surface area contributed by atoms with E-state index in [4.69, 9.17) is 16.6 Å². The number of carbonyl (C=O) groups is 1. The zero-order valence-corrected chi connectivity index (χ0v) is 20.4. The lowest BCUT2D eigenvalue weighted by Gasteiger charge is -2.29. The van der Waals surface area contributed by atoms with Crippen LogP contribution in [0.3, 0.4) is 0 Å². The van der Waals surface area contributed by atoms with Crippen molar-refractivity contribution in [2.45, 2.75) is 33.2 Å². The van der Waals surface area contributed by atoms with Crippen molar-refractivity contribution in [3.05, 3.63) is 99.1 Å². The molecule has 0 aliphatic carbocycles. The number of hydrogen-bond acceptors (Lipinski definition) is 3. The Bertz CT molecular complexity index is 1430. The van der Waals surface area contributed by atoms with Gasteiger partial charge < -0.3 is 10.2 Å². The topological polar surface area (TPSA) is 67.2 Å². The molecule has 0 aliphatic rings. The molecule has 1 atom stereocenters. The monoisotopic (exact) mass is 474 g/mol.